The average Bonchev–Trinajstić information content (AvgIpc) is 2.66. The van der Waals surface area contributed by atoms with Crippen LogP contribution in [0.5, 0.6) is 0 Å². The summed E-state index contributed by atoms with van der Waals surface area (Å²) >= 11 is 1.60. The number of hydrogen-bond donors (Lipinski definition) is 0. The second-order valence-electron chi connectivity index (χ2n) is 5.60. The van der Waals surface area contributed by atoms with Gasteiger partial charge < -0.3 is 0 Å². The predicted molar refractivity (Wildman–Crippen MR) is 86.1 cm³/mol. The van der Waals surface area contributed by atoms with E-state index in [0.717, 1.165) is 11.6 Å². The number of benzene rings is 1. The van der Waals surface area contributed by atoms with Gasteiger partial charge in [0.05, 0.1) is 5.25 Å². The summed E-state index contributed by atoms with van der Waals surface area (Å²) in [5, 5.41) is 0.832. The second-order valence-corrected chi connectivity index (χ2v) is 6.77. The third-order valence-corrected chi connectivity index (χ3v) is 4.28. The Labute approximate surface area is 125 Å². The standard InChI is InChI=1S/C16H22N2OS/c1-11(2)17-16-18(12(3)4)15(19)14(20-16)10-13-8-6-5-7-9-13/h5-9,11-12,14H,10H2,1-4H3. The van der Waals surface area contributed by atoms with Crippen LogP contribution in [0.1, 0.15) is 33.3 Å². The fraction of sp³-hybridized carbons (Fsp3) is 0.500. The zero-order valence-electron chi connectivity index (χ0n) is 12.5. The second kappa shape index (κ2) is 6.44. The van der Waals surface area contributed by atoms with Crippen LogP contribution in [0.4, 0.5) is 0 Å². The Balaban J connectivity index is 2.19. The van der Waals surface area contributed by atoms with Crippen molar-refractivity contribution in [1.82, 2.24) is 4.90 Å². The Hall–Kier alpha value is -1.29. The molecule has 20 heavy (non-hydrogen) atoms. The molecule has 1 aromatic carbocycles. The number of nitrogens with zero attached hydrogens (tertiary/aromatic N) is 2. The molecule has 0 aromatic heterocycles. The Bertz CT molecular complexity index is 496. The Morgan fingerprint density at radius 2 is 1.85 bits per heavy atom. The van der Waals surface area contributed by atoms with Crippen molar-refractivity contribution in [1.29, 1.82) is 0 Å². The average molecular weight is 290 g/mol. The number of hydrogen-bond acceptors (Lipinski definition) is 3. The van der Waals surface area contributed by atoms with Crippen LogP contribution in [0.25, 0.3) is 0 Å². The summed E-state index contributed by atoms with van der Waals surface area (Å²) in [7, 11) is 0. The molecule has 1 fully saturated rings. The van der Waals surface area contributed by atoms with Gasteiger partial charge in [0.1, 0.15) is 0 Å². The minimum atomic E-state index is -0.0442. The van der Waals surface area contributed by atoms with Gasteiger partial charge in [0.2, 0.25) is 5.91 Å². The maximum atomic E-state index is 12.6. The van der Waals surface area contributed by atoms with Crippen LogP contribution in [-0.4, -0.2) is 33.3 Å². The molecule has 1 aliphatic heterocycles. The van der Waals surface area contributed by atoms with Gasteiger partial charge in [0.15, 0.2) is 5.17 Å². The number of aliphatic imine (C=N–C) groups is 1. The number of rotatable bonds is 4. The molecule has 1 aromatic rings. The molecule has 3 nitrogen and oxygen atoms in total. The lowest BCUT2D eigenvalue weighted by atomic mass is 10.1. The molecule has 0 N–H and O–H groups in total. The van der Waals surface area contributed by atoms with E-state index in [1.165, 1.54) is 5.56 Å². The van der Waals surface area contributed by atoms with Crippen molar-refractivity contribution in [3.8, 4) is 0 Å². The first-order chi connectivity index (χ1) is 9.49. The topological polar surface area (TPSA) is 32.7 Å². The quantitative estimate of drug-likeness (QED) is 0.852. The summed E-state index contributed by atoms with van der Waals surface area (Å²) in [6.07, 6.45) is 0.769. The number of carbonyl (C=O) groups excluding carboxylic acids is 1. The van der Waals surface area contributed by atoms with Crippen LogP contribution >= 0.6 is 11.8 Å². The zero-order valence-corrected chi connectivity index (χ0v) is 13.4. The van der Waals surface area contributed by atoms with E-state index in [1.807, 2.05) is 50.8 Å². The molecule has 0 aliphatic carbocycles. The Morgan fingerprint density at radius 3 is 2.40 bits per heavy atom. The first kappa shape index (κ1) is 15.1. The monoisotopic (exact) mass is 290 g/mol. The Kier molecular flexibility index (Phi) is 4.86. The normalized spacial score (nSPS) is 21.5. The predicted octanol–water partition coefficient (Wildman–Crippen LogP) is 3.35. The van der Waals surface area contributed by atoms with Crippen molar-refractivity contribution in [2.75, 3.05) is 0 Å². The summed E-state index contributed by atoms with van der Waals surface area (Å²) in [4.78, 5) is 19.0. The number of amides is 1. The highest BCUT2D eigenvalue weighted by Crippen LogP contribution is 2.31. The van der Waals surface area contributed by atoms with Crippen LogP contribution in [0.3, 0.4) is 0 Å². The molecule has 4 heteroatoms. The van der Waals surface area contributed by atoms with Crippen molar-refractivity contribution in [2.45, 2.75) is 51.4 Å². The van der Waals surface area contributed by atoms with Gasteiger partial charge in [0, 0.05) is 12.1 Å². The summed E-state index contributed by atoms with van der Waals surface area (Å²) in [6.45, 7) is 8.17. The lowest BCUT2D eigenvalue weighted by molar-refractivity contribution is -0.127. The van der Waals surface area contributed by atoms with Gasteiger partial charge >= 0.3 is 0 Å². The summed E-state index contributed by atoms with van der Waals surface area (Å²) in [5.74, 6) is 0.188. The molecule has 1 aliphatic rings. The zero-order chi connectivity index (χ0) is 14.7. The third kappa shape index (κ3) is 3.42. The smallest absolute Gasteiger partial charge is 0.242 e. The molecule has 0 radical (unpaired) electrons. The molecular formula is C16H22N2OS. The fourth-order valence-electron chi connectivity index (χ4n) is 2.23. The van der Waals surface area contributed by atoms with Gasteiger partial charge in [-0.2, -0.15) is 0 Å². The summed E-state index contributed by atoms with van der Waals surface area (Å²) in [5.41, 5.74) is 1.20. The van der Waals surface area contributed by atoms with E-state index in [9.17, 15) is 4.79 Å². The largest absolute Gasteiger partial charge is 0.288 e. The molecule has 0 bridgehead atoms. The highest BCUT2D eigenvalue weighted by Gasteiger charge is 2.39. The van der Waals surface area contributed by atoms with Gasteiger partial charge in [-0.05, 0) is 39.7 Å². The molecular weight excluding hydrogens is 268 g/mol. The number of thioether (sulfide) groups is 1. The van der Waals surface area contributed by atoms with Crippen molar-refractivity contribution >= 4 is 22.8 Å². The van der Waals surface area contributed by atoms with Crippen LogP contribution in [-0.2, 0) is 11.2 Å². The minimum absolute atomic E-state index is 0.0442. The van der Waals surface area contributed by atoms with Crippen molar-refractivity contribution in [2.24, 2.45) is 4.99 Å². The van der Waals surface area contributed by atoms with Crippen molar-refractivity contribution in [3.63, 3.8) is 0 Å². The van der Waals surface area contributed by atoms with Gasteiger partial charge in [-0.1, -0.05) is 42.1 Å². The molecule has 1 saturated heterocycles. The van der Waals surface area contributed by atoms with E-state index in [1.54, 1.807) is 11.8 Å². The summed E-state index contributed by atoms with van der Waals surface area (Å²) < 4.78 is 0. The first-order valence-corrected chi connectivity index (χ1v) is 7.98. The van der Waals surface area contributed by atoms with Crippen LogP contribution < -0.4 is 0 Å². The first-order valence-electron chi connectivity index (χ1n) is 7.10. The molecule has 2 rings (SSSR count). The molecule has 0 spiro atoms. The number of amidine groups is 1. The van der Waals surface area contributed by atoms with Crippen molar-refractivity contribution in [3.05, 3.63) is 35.9 Å². The summed E-state index contributed by atoms with van der Waals surface area (Å²) in [6, 6.07) is 10.6. The maximum absolute atomic E-state index is 12.6. The van der Waals surface area contributed by atoms with Gasteiger partial charge in [0.25, 0.3) is 0 Å². The van der Waals surface area contributed by atoms with E-state index in [4.69, 9.17) is 0 Å². The maximum Gasteiger partial charge on any atom is 0.242 e. The van der Waals surface area contributed by atoms with Crippen LogP contribution in [0.2, 0.25) is 0 Å². The highest BCUT2D eigenvalue weighted by molar-refractivity contribution is 8.15. The van der Waals surface area contributed by atoms with Crippen molar-refractivity contribution < 1.29 is 4.79 Å². The van der Waals surface area contributed by atoms with E-state index >= 15 is 0 Å². The Morgan fingerprint density at radius 1 is 1.20 bits per heavy atom. The molecule has 1 amide bonds. The van der Waals surface area contributed by atoms with Gasteiger partial charge in [-0.25, -0.2) is 0 Å². The number of carbonyl (C=O) groups is 1. The van der Waals surface area contributed by atoms with E-state index in [2.05, 4.69) is 17.1 Å². The molecule has 1 heterocycles. The lowest BCUT2D eigenvalue weighted by Crippen LogP contribution is -2.38. The fourth-order valence-corrected chi connectivity index (χ4v) is 3.66. The van der Waals surface area contributed by atoms with Crippen LogP contribution in [0.15, 0.2) is 35.3 Å². The van der Waals surface area contributed by atoms with Crippen LogP contribution in [0, 0.1) is 0 Å². The SMILES string of the molecule is CC(C)N=C1SC(Cc2ccccc2)C(=O)N1C(C)C. The highest BCUT2D eigenvalue weighted by atomic mass is 32.2. The van der Waals surface area contributed by atoms with E-state index in [-0.39, 0.29) is 23.2 Å². The third-order valence-electron chi connectivity index (χ3n) is 3.12. The minimum Gasteiger partial charge on any atom is -0.288 e. The van der Waals surface area contributed by atoms with E-state index < -0.39 is 0 Å². The molecule has 108 valence electrons. The molecule has 1 unspecified atom stereocenters. The van der Waals surface area contributed by atoms with E-state index in [0.29, 0.717) is 0 Å². The molecule has 0 saturated carbocycles. The lowest BCUT2D eigenvalue weighted by Gasteiger charge is -2.21. The van der Waals surface area contributed by atoms with Gasteiger partial charge in [-0.15, -0.1) is 0 Å². The van der Waals surface area contributed by atoms with Gasteiger partial charge in [-0.3, -0.25) is 14.7 Å². The molecule has 1 atom stereocenters.